The van der Waals surface area contributed by atoms with Crippen LogP contribution in [0.15, 0.2) is 6.33 Å². The first-order valence-corrected chi connectivity index (χ1v) is 7.76. The highest BCUT2D eigenvalue weighted by atomic mass is 32.2. The van der Waals surface area contributed by atoms with Gasteiger partial charge in [-0.25, -0.2) is 13.4 Å². The molecule has 1 aromatic rings. The highest BCUT2D eigenvalue weighted by Gasteiger charge is 2.41. The molecule has 0 spiro atoms. The van der Waals surface area contributed by atoms with Crippen molar-refractivity contribution in [1.29, 1.82) is 0 Å². The quantitative estimate of drug-likeness (QED) is 0.778. The summed E-state index contributed by atoms with van der Waals surface area (Å²) in [7, 11) is -0.990. The van der Waals surface area contributed by atoms with E-state index in [1.165, 1.54) is 0 Å². The molecule has 1 aromatic heterocycles. The molecule has 2 unspecified atom stereocenters. The predicted octanol–water partition coefficient (Wildman–Crippen LogP) is 0.184. The van der Waals surface area contributed by atoms with Crippen molar-refractivity contribution >= 4 is 9.84 Å². The van der Waals surface area contributed by atoms with Crippen LogP contribution in [0.25, 0.3) is 0 Å². The molecule has 2 aliphatic rings. The van der Waals surface area contributed by atoms with Crippen molar-refractivity contribution in [3.8, 4) is 0 Å². The summed E-state index contributed by atoms with van der Waals surface area (Å²) in [6.45, 7) is 0.820. The second kappa shape index (κ2) is 3.81. The molecule has 0 saturated carbocycles. The standard InChI is InChI=1S/C11H17N3O2S/c1-14-7-13-8-4-5-12-10(11(8)14)9-3-2-6-17(9,15)16/h7,9-10,12H,2-6H2,1H3. The van der Waals surface area contributed by atoms with Gasteiger partial charge in [0, 0.05) is 20.0 Å². The van der Waals surface area contributed by atoms with Crippen molar-refractivity contribution in [2.45, 2.75) is 30.6 Å². The summed E-state index contributed by atoms with van der Waals surface area (Å²) >= 11 is 0. The lowest BCUT2D eigenvalue weighted by Gasteiger charge is -2.29. The van der Waals surface area contributed by atoms with Crippen molar-refractivity contribution < 1.29 is 8.42 Å². The minimum atomic E-state index is -2.93. The van der Waals surface area contributed by atoms with Crippen molar-refractivity contribution in [2.24, 2.45) is 7.05 Å². The average molecular weight is 255 g/mol. The number of aryl methyl sites for hydroxylation is 1. The fourth-order valence-corrected chi connectivity index (χ4v) is 5.06. The number of nitrogens with one attached hydrogen (secondary N) is 1. The van der Waals surface area contributed by atoms with E-state index in [1.54, 1.807) is 6.33 Å². The van der Waals surface area contributed by atoms with Crippen LogP contribution in [0.5, 0.6) is 0 Å². The zero-order valence-corrected chi connectivity index (χ0v) is 10.7. The van der Waals surface area contributed by atoms with Crippen molar-refractivity contribution in [2.75, 3.05) is 12.3 Å². The molecule has 0 radical (unpaired) electrons. The van der Waals surface area contributed by atoms with E-state index < -0.39 is 9.84 Å². The minimum Gasteiger partial charge on any atom is -0.336 e. The van der Waals surface area contributed by atoms with Gasteiger partial charge in [-0.1, -0.05) is 0 Å². The summed E-state index contributed by atoms with van der Waals surface area (Å²) in [5, 5.41) is 3.09. The number of rotatable bonds is 1. The summed E-state index contributed by atoms with van der Waals surface area (Å²) in [6, 6.07) is -0.0706. The number of sulfone groups is 1. The van der Waals surface area contributed by atoms with E-state index in [0.717, 1.165) is 37.2 Å². The second-order valence-electron chi connectivity index (χ2n) is 4.92. The normalized spacial score (nSPS) is 31.4. The number of imidazole rings is 1. The molecule has 1 fully saturated rings. The molecule has 17 heavy (non-hydrogen) atoms. The maximum atomic E-state index is 12.0. The van der Waals surface area contributed by atoms with Gasteiger partial charge in [-0.05, 0) is 12.8 Å². The van der Waals surface area contributed by atoms with Crippen LogP contribution in [-0.2, 0) is 23.3 Å². The maximum Gasteiger partial charge on any atom is 0.155 e. The fourth-order valence-electron chi connectivity index (χ4n) is 3.02. The Hall–Kier alpha value is -0.880. The van der Waals surface area contributed by atoms with Crippen LogP contribution < -0.4 is 5.32 Å². The van der Waals surface area contributed by atoms with E-state index >= 15 is 0 Å². The van der Waals surface area contributed by atoms with Gasteiger partial charge in [-0.3, -0.25) is 0 Å². The number of hydrogen-bond acceptors (Lipinski definition) is 4. The van der Waals surface area contributed by atoms with E-state index in [9.17, 15) is 8.42 Å². The first-order chi connectivity index (χ1) is 8.09. The first kappa shape index (κ1) is 11.2. The monoisotopic (exact) mass is 255 g/mol. The van der Waals surface area contributed by atoms with Gasteiger partial charge in [0.25, 0.3) is 0 Å². The van der Waals surface area contributed by atoms with Gasteiger partial charge in [0.2, 0.25) is 0 Å². The molecule has 0 amide bonds. The number of nitrogens with zero attached hydrogens (tertiary/aromatic N) is 2. The van der Waals surface area contributed by atoms with Crippen LogP contribution in [-0.4, -0.2) is 35.5 Å². The third kappa shape index (κ3) is 1.70. The van der Waals surface area contributed by atoms with E-state index in [0.29, 0.717) is 5.75 Å². The van der Waals surface area contributed by atoms with E-state index in [4.69, 9.17) is 0 Å². The summed E-state index contributed by atoms with van der Waals surface area (Å²) in [5.41, 5.74) is 2.12. The summed E-state index contributed by atoms with van der Waals surface area (Å²) in [4.78, 5) is 4.35. The molecule has 6 heteroatoms. The average Bonchev–Trinajstić information content (AvgIpc) is 2.82. The molecule has 0 aliphatic carbocycles. The molecular formula is C11H17N3O2S. The van der Waals surface area contributed by atoms with Crippen molar-refractivity contribution in [1.82, 2.24) is 14.9 Å². The number of fused-ring (bicyclic) bond motifs is 1. The lowest BCUT2D eigenvalue weighted by Crippen LogP contribution is -2.40. The molecule has 5 nitrogen and oxygen atoms in total. The van der Waals surface area contributed by atoms with Crippen LogP contribution in [0.3, 0.4) is 0 Å². The van der Waals surface area contributed by atoms with Crippen molar-refractivity contribution in [3.63, 3.8) is 0 Å². The van der Waals surface area contributed by atoms with Gasteiger partial charge in [0.1, 0.15) is 0 Å². The Bertz CT molecular complexity index is 535. The van der Waals surface area contributed by atoms with E-state index in [-0.39, 0.29) is 11.3 Å². The fraction of sp³-hybridized carbons (Fsp3) is 0.727. The molecule has 3 heterocycles. The van der Waals surface area contributed by atoms with Crippen LogP contribution in [0.2, 0.25) is 0 Å². The van der Waals surface area contributed by atoms with Gasteiger partial charge in [-0.15, -0.1) is 0 Å². The molecular weight excluding hydrogens is 238 g/mol. The van der Waals surface area contributed by atoms with E-state index in [2.05, 4.69) is 10.3 Å². The van der Waals surface area contributed by atoms with Gasteiger partial charge in [0.05, 0.1) is 34.8 Å². The zero-order valence-electron chi connectivity index (χ0n) is 9.89. The summed E-state index contributed by atoms with van der Waals surface area (Å²) in [6.07, 6.45) is 4.23. The molecule has 1 saturated heterocycles. The molecule has 94 valence electrons. The Kier molecular flexibility index (Phi) is 2.52. The summed E-state index contributed by atoms with van der Waals surface area (Å²) < 4.78 is 26.0. The number of aromatic nitrogens is 2. The first-order valence-electron chi connectivity index (χ1n) is 6.04. The van der Waals surface area contributed by atoms with Gasteiger partial charge in [0.15, 0.2) is 9.84 Å². The highest BCUT2D eigenvalue weighted by Crippen LogP contribution is 2.34. The van der Waals surface area contributed by atoms with Crippen LogP contribution in [0.1, 0.15) is 30.3 Å². The van der Waals surface area contributed by atoms with Crippen LogP contribution >= 0.6 is 0 Å². The Morgan fingerprint density at radius 1 is 1.53 bits per heavy atom. The Balaban J connectivity index is 2.03. The third-order valence-electron chi connectivity index (χ3n) is 3.83. The van der Waals surface area contributed by atoms with Crippen LogP contribution in [0, 0.1) is 0 Å². The molecule has 3 rings (SSSR count). The van der Waals surface area contributed by atoms with E-state index in [1.807, 2.05) is 11.6 Å². The van der Waals surface area contributed by atoms with Crippen molar-refractivity contribution in [3.05, 3.63) is 17.7 Å². The van der Waals surface area contributed by atoms with Gasteiger partial charge < -0.3 is 9.88 Å². The summed E-state index contributed by atoms with van der Waals surface area (Å²) in [5.74, 6) is 0.336. The third-order valence-corrected chi connectivity index (χ3v) is 6.12. The Morgan fingerprint density at radius 3 is 3.06 bits per heavy atom. The zero-order chi connectivity index (χ0) is 12.0. The molecule has 2 aliphatic heterocycles. The Morgan fingerprint density at radius 2 is 2.35 bits per heavy atom. The SMILES string of the molecule is Cn1cnc2c1C(C1CCCS1(=O)=O)NCC2. The molecule has 0 aromatic carbocycles. The molecule has 2 atom stereocenters. The lowest BCUT2D eigenvalue weighted by atomic mass is 10.00. The minimum absolute atomic E-state index is 0.0706. The topological polar surface area (TPSA) is 64.0 Å². The number of hydrogen-bond donors (Lipinski definition) is 1. The smallest absolute Gasteiger partial charge is 0.155 e. The molecule has 1 N–H and O–H groups in total. The maximum absolute atomic E-state index is 12.0. The Labute approximate surface area is 101 Å². The highest BCUT2D eigenvalue weighted by molar-refractivity contribution is 7.92. The van der Waals surface area contributed by atoms with Gasteiger partial charge >= 0.3 is 0 Å². The second-order valence-corrected chi connectivity index (χ2v) is 7.26. The lowest BCUT2D eigenvalue weighted by molar-refractivity contribution is 0.444. The largest absolute Gasteiger partial charge is 0.336 e. The van der Waals surface area contributed by atoms with Crippen LogP contribution in [0.4, 0.5) is 0 Å². The predicted molar refractivity (Wildman–Crippen MR) is 64.5 cm³/mol. The van der Waals surface area contributed by atoms with Gasteiger partial charge in [-0.2, -0.15) is 0 Å². The molecule has 0 bridgehead atoms.